The molecule has 0 spiro atoms. The Balaban J connectivity index is 1.91. The van der Waals surface area contributed by atoms with Gasteiger partial charge < -0.3 is 10.6 Å². The maximum Gasteiger partial charge on any atom is 0.211 e. The van der Waals surface area contributed by atoms with E-state index in [0.29, 0.717) is 25.6 Å². The third-order valence-electron chi connectivity index (χ3n) is 4.29. The van der Waals surface area contributed by atoms with Crippen LogP contribution in [0.2, 0.25) is 5.02 Å². The zero-order valence-electron chi connectivity index (χ0n) is 14.8. The fraction of sp³-hybridized carbons (Fsp3) is 0.588. The topological polar surface area (TPSA) is 82.6 Å². The van der Waals surface area contributed by atoms with E-state index in [1.54, 1.807) is 6.92 Å². The molecule has 8 heteroatoms. The van der Waals surface area contributed by atoms with E-state index in [9.17, 15) is 8.42 Å². The lowest BCUT2D eigenvalue weighted by molar-refractivity contribution is 0.581. The van der Waals surface area contributed by atoms with Crippen molar-refractivity contribution in [3.63, 3.8) is 0 Å². The summed E-state index contributed by atoms with van der Waals surface area (Å²) in [6.07, 6.45) is 2.21. The van der Waals surface area contributed by atoms with Gasteiger partial charge in [-0.1, -0.05) is 23.7 Å². The Bertz CT molecular complexity index is 702. The summed E-state index contributed by atoms with van der Waals surface area (Å²) in [6, 6.07) is 7.98. The first-order valence-corrected chi connectivity index (χ1v) is 10.7. The molecule has 1 aromatic rings. The van der Waals surface area contributed by atoms with Crippen LogP contribution in [0, 0.1) is 0 Å². The number of nitrogens with zero attached hydrogens (tertiary/aromatic N) is 1. The first kappa shape index (κ1) is 20.0. The summed E-state index contributed by atoms with van der Waals surface area (Å²) in [5, 5.41) is 7.11. The van der Waals surface area contributed by atoms with Crippen LogP contribution in [0.15, 0.2) is 29.3 Å². The Kier molecular flexibility index (Phi) is 7.10. The number of nitrogens with one attached hydrogen (secondary N) is 3. The molecule has 25 heavy (non-hydrogen) atoms. The second-order valence-electron chi connectivity index (χ2n) is 6.21. The van der Waals surface area contributed by atoms with Gasteiger partial charge in [0.25, 0.3) is 0 Å². The lowest BCUT2D eigenvalue weighted by atomic mass is 9.96. The number of hydrogen-bond donors (Lipinski definition) is 3. The largest absolute Gasteiger partial charge is 0.357 e. The Hall–Kier alpha value is -1.31. The second kappa shape index (κ2) is 8.87. The summed E-state index contributed by atoms with van der Waals surface area (Å²) in [5.41, 5.74) is 1.31. The molecule has 0 aliphatic heterocycles. The molecular formula is C17H27ClN4O2S. The Labute approximate surface area is 155 Å². The van der Waals surface area contributed by atoms with Crippen LogP contribution in [0.1, 0.15) is 32.3 Å². The highest BCUT2D eigenvalue weighted by molar-refractivity contribution is 7.89. The molecular weight excluding hydrogens is 360 g/mol. The molecule has 2 rings (SSSR count). The van der Waals surface area contributed by atoms with Crippen molar-refractivity contribution < 1.29 is 8.42 Å². The fourth-order valence-electron chi connectivity index (χ4n) is 2.57. The molecule has 1 aromatic carbocycles. The first-order valence-electron chi connectivity index (χ1n) is 8.66. The summed E-state index contributed by atoms with van der Waals surface area (Å²) in [4.78, 5) is 4.68. The van der Waals surface area contributed by atoms with Crippen LogP contribution in [0.4, 0.5) is 0 Å². The molecule has 0 amide bonds. The third-order valence-corrected chi connectivity index (χ3v) is 5.93. The van der Waals surface area contributed by atoms with E-state index in [1.807, 2.05) is 25.1 Å². The number of hydrogen-bond acceptors (Lipinski definition) is 3. The van der Waals surface area contributed by atoms with Gasteiger partial charge in [-0.25, -0.2) is 13.1 Å². The average Bonchev–Trinajstić information content (AvgIpc) is 3.38. The highest BCUT2D eigenvalue weighted by Crippen LogP contribution is 2.48. The Morgan fingerprint density at radius 2 is 2.00 bits per heavy atom. The average molecular weight is 387 g/mol. The standard InChI is InChI=1S/C17H27ClN4O2S/c1-3-19-16(20-10-11-22-25(23,24)4-2)21-13-17(8-9-17)14-6-5-7-15(18)12-14/h5-7,12,22H,3-4,8-11,13H2,1-2H3,(H2,19,20,21). The smallest absolute Gasteiger partial charge is 0.211 e. The van der Waals surface area contributed by atoms with Gasteiger partial charge in [0.05, 0.1) is 12.3 Å². The van der Waals surface area contributed by atoms with Gasteiger partial charge in [0, 0.05) is 30.1 Å². The van der Waals surface area contributed by atoms with Crippen LogP contribution < -0.4 is 15.4 Å². The first-order chi connectivity index (χ1) is 11.9. The molecule has 0 bridgehead atoms. The minimum Gasteiger partial charge on any atom is -0.357 e. The summed E-state index contributed by atoms with van der Waals surface area (Å²) in [5.74, 6) is 0.787. The van der Waals surface area contributed by atoms with E-state index in [4.69, 9.17) is 11.6 Å². The second-order valence-corrected chi connectivity index (χ2v) is 8.74. The van der Waals surface area contributed by atoms with Crippen LogP contribution in [-0.4, -0.2) is 46.3 Å². The van der Waals surface area contributed by atoms with Crippen molar-refractivity contribution >= 4 is 27.6 Å². The predicted molar refractivity (Wildman–Crippen MR) is 104 cm³/mol. The SMILES string of the molecule is CCNC(=NCC1(c2cccc(Cl)c2)CC1)NCCNS(=O)(=O)CC. The summed E-state index contributed by atoms with van der Waals surface area (Å²) < 4.78 is 25.4. The molecule has 0 saturated heterocycles. The van der Waals surface area contributed by atoms with Crippen molar-refractivity contribution in [3.8, 4) is 0 Å². The number of sulfonamides is 1. The van der Waals surface area contributed by atoms with Crippen molar-refractivity contribution in [1.82, 2.24) is 15.4 Å². The molecule has 0 radical (unpaired) electrons. The van der Waals surface area contributed by atoms with Gasteiger partial charge in [-0.05, 0) is 44.4 Å². The highest BCUT2D eigenvalue weighted by atomic mass is 35.5. The third kappa shape index (κ3) is 6.17. The van der Waals surface area contributed by atoms with E-state index in [-0.39, 0.29) is 11.2 Å². The molecule has 6 nitrogen and oxygen atoms in total. The molecule has 0 atom stereocenters. The van der Waals surface area contributed by atoms with Crippen molar-refractivity contribution in [2.45, 2.75) is 32.1 Å². The van der Waals surface area contributed by atoms with Crippen molar-refractivity contribution in [2.75, 3.05) is 31.9 Å². The summed E-state index contributed by atoms with van der Waals surface area (Å²) in [6.45, 7) is 5.86. The minimum atomic E-state index is -3.16. The molecule has 0 heterocycles. The van der Waals surface area contributed by atoms with Crippen molar-refractivity contribution in [3.05, 3.63) is 34.9 Å². The lowest BCUT2D eigenvalue weighted by Crippen LogP contribution is -2.42. The quantitative estimate of drug-likeness (QED) is 0.343. The van der Waals surface area contributed by atoms with Gasteiger partial charge in [0.15, 0.2) is 5.96 Å². The van der Waals surface area contributed by atoms with E-state index in [0.717, 1.165) is 24.4 Å². The van der Waals surface area contributed by atoms with Crippen LogP contribution in [0.5, 0.6) is 0 Å². The van der Waals surface area contributed by atoms with Gasteiger partial charge in [-0.2, -0.15) is 0 Å². The van der Waals surface area contributed by atoms with E-state index >= 15 is 0 Å². The van der Waals surface area contributed by atoms with Gasteiger partial charge in [-0.3, -0.25) is 4.99 Å². The molecule has 1 aliphatic carbocycles. The van der Waals surface area contributed by atoms with E-state index < -0.39 is 10.0 Å². The summed E-state index contributed by atoms with van der Waals surface area (Å²) in [7, 11) is -3.16. The zero-order chi connectivity index (χ0) is 18.3. The van der Waals surface area contributed by atoms with Crippen molar-refractivity contribution in [2.24, 2.45) is 4.99 Å². The molecule has 0 unspecified atom stereocenters. The van der Waals surface area contributed by atoms with Gasteiger partial charge >= 0.3 is 0 Å². The van der Waals surface area contributed by atoms with Crippen molar-refractivity contribution in [1.29, 1.82) is 0 Å². The highest BCUT2D eigenvalue weighted by Gasteiger charge is 2.44. The maximum atomic E-state index is 11.4. The van der Waals surface area contributed by atoms with Crippen LogP contribution >= 0.6 is 11.6 Å². The van der Waals surface area contributed by atoms with Crippen LogP contribution in [0.3, 0.4) is 0 Å². The lowest BCUT2D eigenvalue weighted by Gasteiger charge is -2.16. The van der Waals surface area contributed by atoms with Crippen LogP contribution in [0.25, 0.3) is 0 Å². The Morgan fingerprint density at radius 3 is 2.60 bits per heavy atom. The van der Waals surface area contributed by atoms with E-state index in [1.165, 1.54) is 5.56 Å². The molecule has 0 aromatic heterocycles. The zero-order valence-corrected chi connectivity index (χ0v) is 16.4. The maximum absolute atomic E-state index is 11.4. The fourth-order valence-corrected chi connectivity index (χ4v) is 3.38. The molecule has 1 aliphatic rings. The summed E-state index contributed by atoms with van der Waals surface area (Å²) >= 11 is 6.11. The normalized spacial score (nSPS) is 16.5. The molecule has 3 N–H and O–H groups in total. The molecule has 1 saturated carbocycles. The number of guanidine groups is 1. The molecule has 1 fully saturated rings. The molecule has 140 valence electrons. The van der Waals surface area contributed by atoms with Gasteiger partial charge in [0.2, 0.25) is 10.0 Å². The number of halogens is 1. The predicted octanol–water partition coefficient (Wildman–Crippen LogP) is 1.87. The monoisotopic (exact) mass is 386 g/mol. The van der Waals surface area contributed by atoms with Gasteiger partial charge in [0.1, 0.15) is 0 Å². The minimum absolute atomic E-state index is 0.0804. The Morgan fingerprint density at radius 1 is 1.24 bits per heavy atom. The van der Waals surface area contributed by atoms with E-state index in [2.05, 4.69) is 26.4 Å². The number of rotatable bonds is 9. The van der Waals surface area contributed by atoms with Gasteiger partial charge in [-0.15, -0.1) is 0 Å². The van der Waals surface area contributed by atoms with Crippen LogP contribution in [-0.2, 0) is 15.4 Å². The number of benzene rings is 1. The number of aliphatic imine (C=N–C) groups is 1.